The summed E-state index contributed by atoms with van der Waals surface area (Å²) < 4.78 is 39.4. The Bertz CT molecular complexity index is 1210. The van der Waals surface area contributed by atoms with Crippen LogP contribution in [0.2, 0.25) is 0 Å². The molecule has 0 saturated heterocycles. The zero-order valence-corrected chi connectivity index (χ0v) is 43.6. The largest absolute Gasteiger partial charge is 0.472 e. The van der Waals surface area contributed by atoms with Crippen molar-refractivity contribution in [3.8, 4) is 0 Å². The van der Waals surface area contributed by atoms with Crippen molar-refractivity contribution in [2.45, 2.75) is 277 Å². The van der Waals surface area contributed by atoms with Gasteiger partial charge in [0.05, 0.1) is 19.8 Å². The number of allylic oxidation sites excluding steroid dienone is 4. The molecule has 12 heteroatoms. The molecule has 66 heavy (non-hydrogen) atoms. The average Bonchev–Trinajstić information content (AvgIpc) is 3.30. The maximum atomic E-state index is 12.8. The van der Waals surface area contributed by atoms with E-state index in [1.54, 1.807) is 0 Å². The van der Waals surface area contributed by atoms with Crippen LogP contribution in [-0.4, -0.2) is 66.5 Å². The Balaban J connectivity index is 4.73. The Morgan fingerprint density at radius 1 is 0.424 bits per heavy atom. The second-order valence-electron chi connectivity index (χ2n) is 18.4. The molecular weight excluding hydrogens is 856 g/mol. The highest BCUT2D eigenvalue weighted by molar-refractivity contribution is 7.47. The number of phosphoric ester groups is 1. The van der Waals surface area contributed by atoms with Crippen LogP contribution in [0, 0.1) is 0 Å². The Morgan fingerprint density at radius 3 is 1.15 bits per heavy atom. The molecule has 3 atom stereocenters. The lowest BCUT2D eigenvalue weighted by Gasteiger charge is -2.21. The number of hydrogen-bond donors (Lipinski definition) is 2. The summed E-state index contributed by atoms with van der Waals surface area (Å²) in [6, 6.07) is 0. The third-order valence-electron chi connectivity index (χ3n) is 11.9. The average molecular weight is 957 g/mol. The minimum atomic E-state index is -4.73. The van der Waals surface area contributed by atoms with E-state index in [1.165, 1.54) is 122 Å². The summed E-state index contributed by atoms with van der Waals surface area (Å²) in [7, 11) is -4.73. The van der Waals surface area contributed by atoms with Crippen LogP contribution in [0.5, 0.6) is 0 Å². The van der Waals surface area contributed by atoms with E-state index in [-0.39, 0.29) is 25.9 Å². The zero-order valence-electron chi connectivity index (χ0n) is 42.7. The van der Waals surface area contributed by atoms with E-state index in [9.17, 15) is 28.9 Å². The van der Waals surface area contributed by atoms with Gasteiger partial charge in [0.25, 0.3) is 0 Å². The fourth-order valence-electron chi connectivity index (χ4n) is 7.68. The first-order chi connectivity index (χ1) is 32.2. The van der Waals surface area contributed by atoms with Crippen LogP contribution in [0.4, 0.5) is 0 Å². The quantitative estimate of drug-likeness (QED) is 0.0197. The van der Waals surface area contributed by atoms with Gasteiger partial charge in [0.1, 0.15) is 12.7 Å². The molecule has 0 spiro atoms. The normalized spacial score (nSPS) is 13.6. The van der Waals surface area contributed by atoms with Crippen molar-refractivity contribution in [2.24, 2.45) is 0 Å². The van der Waals surface area contributed by atoms with Crippen molar-refractivity contribution < 1.29 is 52.2 Å². The van der Waals surface area contributed by atoms with Gasteiger partial charge in [-0.1, -0.05) is 218 Å². The van der Waals surface area contributed by atoms with Gasteiger partial charge < -0.3 is 24.2 Å². The molecule has 0 amide bonds. The predicted molar refractivity (Wildman–Crippen MR) is 270 cm³/mol. The van der Waals surface area contributed by atoms with Crippen LogP contribution in [0.1, 0.15) is 265 Å². The number of carbonyl (C=O) groups excluding carboxylic acids is 3. The van der Waals surface area contributed by atoms with Gasteiger partial charge in [-0.05, 0) is 51.4 Å². The molecule has 0 aliphatic heterocycles. The summed E-state index contributed by atoms with van der Waals surface area (Å²) in [6.45, 7) is 4.60. The summed E-state index contributed by atoms with van der Waals surface area (Å²) in [5.41, 5.74) is 0. The van der Waals surface area contributed by atoms with Crippen molar-refractivity contribution in [3.63, 3.8) is 0 Å². The van der Waals surface area contributed by atoms with E-state index in [0.29, 0.717) is 19.3 Å². The van der Waals surface area contributed by atoms with Crippen molar-refractivity contribution in [1.82, 2.24) is 0 Å². The molecule has 0 bridgehead atoms. The number of aliphatic hydroxyl groups excluding tert-OH is 1. The Labute approximate surface area is 404 Å². The topological polar surface area (TPSA) is 155 Å². The molecule has 0 saturated carbocycles. The summed E-state index contributed by atoms with van der Waals surface area (Å²) in [4.78, 5) is 48.3. The van der Waals surface area contributed by atoms with E-state index < -0.39 is 57.8 Å². The number of phosphoric acid groups is 1. The molecule has 11 nitrogen and oxygen atoms in total. The Morgan fingerprint density at radius 2 is 0.742 bits per heavy atom. The van der Waals surface area contributed by atoms with Crippen molar-refractivity contribution in [3.05, 3.63) is 24.3 Å². The molecule has 0 aliphatic rings. The molecule has 0 rings (SSSR count). The molecule has 0 fully saturated rings. The highest BCUT2D eigenvalue weighted by Gasteiger charge is 2.28. The Hall–Kier alpha value is -2.04. The van der Waals surface area contributed by atoms with Crippen molar-refractivity contribution >= 4 is 25.7 Å². The third kappa shape index (κ3) is 47.0. The van der Waals surface area contributed by atoms with Crippen LogP contribution < -0.4 is 0 Å². The van der Waals surface area contributed by atoms with Gasteiger partial charge in [0, 0.05) is 19.3 Å². The molecule has 3 unspecified atom stereocenters. The number of unbranched alkanes of at least 4 members (excludes halogenated alkanes) is 30. The molecule has 0 aromatic rings. The predicted octanol–water partition coefficient (Wildman–Crippen LogP) is 15.5. The number of esters is 3. The van der Waals surface area contributed by atoms with Gasteiger partial charge in [0.15, 0.2) is 6.10 Å². The van der Waals surface area contributed by atoms with E-state index in [1.807, 2.05) is 0 Å². The first-order valence-corrected chi connectivity index (χ1v) is 28.7. The molecular formula is C54H101O11P. The molecule has 0 radical (unpaired) electrons. The zero-order chi connectivity index (χ0) is 48.4. The van der Waals surface area contributed by atoms with Crippen LogP contribution in [0.3, 0.4) is 0 Å². The third-order valence-corrected chi connectivity index (χ3v) is 12.8. The van der Waals surface area contributed by atoms with Crippen molar-refractivity contribution in [2.75, 3.05) is 26.4 Å². The second kappa shape index (κ2) is 49.4. The number of carbonyl (C=O) groups is 3. The van der Waals surface area contributed by atoms with Gasteiger partial charge in [-0.2, -0.15) is 0 Å². The highest BCUT2D eigenvalue weighted by atomic mass is 31.2. The van der Waals surface area contributed by atoms with Crippen LogP contribution in [0.25, 0.3) is 0 Å². The standard InChI is InChI=1S/C54H101O11P/c1-4-7-10-13-16-19-21-23-25-27-29-32-34-37-40-43-52(56)61-47-51(65-54(58)45-42-39-36-33-30-28-26-24-22-20-17-14-11-8-5-2)49-63-66(59,60)62-48-50(46-55)64-53(57)44-41-38-35-31-18-15-12-9-6-3/h17,20,24,26,50-51,55H,4-16,18-19,21-23,25,27-49H2,1-3H3,(H,59,60)/b20-17-,26-24-. The van der Waals surface area contributed by atoms with Crippen LogP contribution in [-0.2, 0) is 42.2 Å². The van der Waals surface area contributed by atoms with E-state index in [2.05, 4.69) is 45.1 Å². The summed E-state index contributed by atoms with van der Waals surface area (Å²) >= 11 is 0. The molecule has 0 aliphatic carbocycles. The first-order valence-electron chi connectivity index (χ1n) is 27.2. The van der Waals surface area contributed by atoms with Gasteiger partial charge in [-0.15, -0.1) is 0 Å². The van der Waals surface area contributed by atoms with E-state index >= 15 is 0 Å². The molecule has 0 aromatic heterocycles. The fourth-order valence-corrected chi connectivity index (χ4v) is 8.47. The molecule has 0 heterocycles. The lowest BCUT2D eigenvalue weighted by atomic mass is 10.0. The van der Waals surface area contributed by atoms with Gasteiger partial charge >= 0.3 is 25.7 Å². The fraction of sp³-hybridized carbons (Fsp3) is 0.870. The maximum Gasteiger partial charge on any atom is 0.472 e. The Kier molecular flexibility index (Phi) is 47.9. The van der Waals surface area contributed by atoms with E-state index in [4.69, 9.17) is 23.3 Å². The number of hydrogen-bond acceptors (Lipinski definition) is 10. The summed E-state index contributed by atoms with van der Waals surface area (Å²) in [5, 5.41) is 9.75. The molecule has 0 aromatic carbocycles. The lowest BCUT2D eigenvalue weighted by molar-refractivity contribution is -0.161. The number of ether oxygens (including phenoxy) is 3. The van der Waals surface area contributed by atoms with Gasteiger partial charge in [0.2, 0.25) is 0 Å². The molecule has 388 valence electrons. The highest BCUT2D eigenvalue weighted by Crippen LogP contribution is 2.43. The second-order valence-corrected chi connectivity index (χ2v) is 19.9. The number of rotatable bonds is 51. The molecule has 2 N–H and O–H groups in total. The van der Waals surface area contributed by atoms with Crippen LogP contribution in [0.15, 0.2) is 24.3 Å². The van der Waals surface area contributed by atoms with Crippen molar-refractivity contribution in [1.29, 1.82) is 0 Å². The van der Waals surface area contributed by atoms with E-state index in [0.717, 1.165) is 83.5 Å². The SMILES string of the molecule is CCCCC/C=C\C/C=C\CCCCCCCC(=O)OC(COC(=O)CCCCCCCCCCCCCCCCC)COP(=O)(O)OCC(CO)OC(=O)CCCCCCCCCCC. The van der Waals surface area contributed by atoms with Crippen LogP contribution >= 0.6 is 7.82 Å². The smallest absolute Gasteiger partial charge is 0.462 e. The monoisotopic (exact) mass is 957 g/mol. The first kappa shape index (κ1) is 64.0. The maximum absolute atomic E-state index is 12.8. The number of aliphatic hydroxyl groups is 1. The summed E-state index contributed by atoms with van der Waals surface area (Å²) in [6.07, 6.45) is 47.2. The minimum Gasteiger partial charge on any atom is -0.462 e. The lowest BCUT2D eigenvalue weighted by Crippen LogP contribution is -2.30. The van der Waals surface area contributed by atoms with Gasteiger partial charge in [-0.3, -0.25) is 23.4 Å². The van der Waals surface area contributed by atoms with Gasteiger partial charge in [-0.25, -0.2) is 4.57 Å². The summed E-state index contributed by atoms with van der Waals surface area (Å²) in [5.74, 6) is -1.46. The minimum absolute atomic E-state index is 0.157.